The fourth-order valence-electron chi connectivity index (χ4n) is 12.4. The molecule has 6 aromatic rings. The number of rotatable bonds is 6. The first-order valence-corrected chi connectivity index (χ1v) is 27.7. The standard InChI is InChI=1S/2C25H23.C3H6.2ClH.Zr/c2*1-2-8-18(9-3-1)21-16-20-12-7-15-24(25(20)17-21)23-14-6-11-19-10-4-5-13-22(19)23;1-3-2;;;/h2*4-7,10-18H,1-3,8-9H2;1-3H2;2*1H;/q;;;;;+2/p-2. The van der Waals surface area contributed by atoms with Crippen molar-refractivity contribution >= 4 is 33.7 Å². The molecule has 0 nitrogen and oxygen atoms in total. The molecule has 0 radical (unpaired) electrons. The number of fused-ring (bicyclic) bond motifs is 4. The zero-order valence-electron chi connectivity index (χ0n) is 32.5. The van der Waals surface area contributed by atoms with Gasteiger partial charge < -0.3 is 24.8 Å². The Hall–Kier alpha value is -3.22. The first kappa shape index (κ1) is 38.3. The molecule has 0 bridgehead atoms. The molecule has 11 rings (SSSR count). The Morgan fingerprint density at radius 1 is 0.375 bits per heavy atom. The molecule has 282 valence electrons. The van der Waals surface area contributed by atoms with Crippen molar-refractivity contribution in [2.75, 3.05) is 0 Å². The second-order valence-corrected chi connectivity index (χ2v) is 28.9. The summed E-state index contributed by atoms with van der Waals surface area (Å²) in [6.45, 7) is 0. The van der Waals surface area contributed by atoms with Crippen molar-refractivity contribution in [2.45, 2.75) is 86.1 Å². The van der Waals surface area contributed by atoms with E-state index in [0.29, 0.717) is 7.25 Å². The van der Waals surface area contributed by atoms with Crippen LogP contribution in [0.3, 0.4) is 0 Å². The van der Waals surface area contributed by atoms with Crippen molar-refractivity contribution in [3.8, 4) is 22.3 Å². The van der Waals surface area contributed by atoms with E-state index in [0.717, 1.165) is 11.8 Å². The Balaban J connectivity index is 0.00000205. The monoisotopic (exact) mass is 848 g/mol. The van der Waals surface area contributed by atoms with Crippen LogP contribution in [-0.2, 0) is 20.3 Å². The van der Waals surface area contributed by atoms with E-state index in [9.17, 15) is 0 Å². The van der Waals surface area contributed by atoms with Crippen LogP contribution in [-0.4, -0.2) is 0 Å². The van der Waals surface area contributed by atoms with Crippen LogP contribution in [0.1, 0.15) is 100 Å². The number of hydrogen-bond acceptors (Lipinski definition) is 0. The van der Waals surface area contributed by atoms with Crippen molar-refractivity contribution in [1.82, 2.24) is 0 Å². The molecular formula is C53H52Cl2Zr. The molecule has 0 aromatic heterocycles. The topological polar surface area (TPSA) is 0 Å². The van der Waals surface area contributed by atoms with Gasteiger partial charge in [-0.1, -0.05) is 0 Å². The zero-order valence-corrected chi connectivity index (χ0v) is 36.4. The number of halogens is 2. The Bertz CT molecular complexity index is 2290. The molecule has 0 N–H and O–H groups in total. The Labute approximate surface area is 351 Å². The third kappa shape index (κ3) is 6.17. The molecular weight excluding hydrogens is 799 g/mol. The molecule has 3 heteroatoms. The van der Waals surface area contributed by atoms with Gasteiger partial charge in [0.2, 0.25) is 0 Å². The second-order valence-electron chi connectivity index (χ2n) is 17.6. The molecule has 0 amide bonds. The van der Waals surface area contributed by atoms with Crippen LogP contribution in [0, 0.1) is 11.8 Å². The molecule has 5 aliphatic rings. The summed E-state index contributed by atoms with van der Waals surface area (Å²) in [4.78, 5) is 0. The van der Waals surface area contributed by atoms with Crippen LogP contribution < -0.4 is 24.8 Å². The van der Waals surface area contributed by atoms with E-state index < -0.39 is 20.3 Å². The van der Waals surface area contributed by atoms with Gasteiger partial charge in [-0.2, -0.15) is 0 Å². The molecule has 2 atom stereocenters. The molecule has 56 heavy (non-hydrogen) atoms. The fraction of sp³-hybridized carbons (Fsp3) is 0.321. The zero-order chi connectivity index (χ0) is 35.6. The Morgan fingerprint density at radius 2 is 0.768 bits per heavy atom. The van der Waals surface area contributed by atoms with Crippen LogP contribution in [0.25, 0.3) is 56.0 Å². The second kappa shape index (κ2) is 15.9. The minimum absolute atomic E-state index is 0. The van der Waals surface area contributed by atoms with E-state index in [-0.39, 0.29) is 24.8 Å². The summed E-state index contributed by atoms with van der Waals surface area (Å²) in [5.41, 5.74) is 16.1. The molecule has 0 spiro atoms. The van der Waals surface area contributed by atoms with Gasteiger partial charge in [0, 0.05) is 0 Å². The third-order valence-corrected chi connectivity index (χ3v) is 30.1. The van der Waals surface area contributed by atoms with Gasteiger partial charge in [0.25, 0.3) is 0 Å². The molecule has 2 saturated carbocycles. The summed E-state index contributed by atoms with van der Waals surface area (Å²) in [6, 6.07) is 47.1. The largest absolute Gasteiger partial charge is 1.00 e. The van der Waals surface area contributed by atoms with Crippen LogP contribution in [0.5, 0.6) is 0 Å². The summed E-state index contributed by atoms with van der Waals surface area (Å²) < 4.78 is 4.44. The first-order chi connectivity index (χ1) is 26.8. The minimum atomic E-state index is -3.08. The van der Waals surface area contributed by atoms with Crippen molar-refractivity contribution in [2.24, 2.45) is 11.8 Å². The minimum Gasteiger partial charge on any atom is -1.00 e. The maximum absolute atomic E-state index is 3.08. The van der Waals surface area contributed by atoms with Gasteiger partial charge in [-0.15, -0.1) is 0 Å². The molecule has 1 aliphatic heterocycles. The molecule has 1 heterocycles. The van der Waals surface area contributed by atoms with E-state index in [2.05, 4.69) is 133 Å². The molecule has 2 unspecified atom stereocenters. The average molecular weight is 851 g/mol. The molecule has 3 fully saturated rings. The summed E-state index contributed by atoms with van der Waals surface area (Å²) in [7, 11) is 0. The third-order valence-electron chi connectivity index (χ3n) is 14.9. The van der Waals surface area contributed by atoms with Crippen molar-refractivity contribution in [3.05, 3.63) is 155 Å². The van der Waals surface area contributed by atoms with Crippen LogP contribution in [0.4, 0.5) is 0 Å². The average Bonchev–Trinajstić information content (AvgIpc) is 3.81. The van der Waals surface area contributed by atoms with E-state index >= 15 is 0 Å². The van der Waals surface area contributed by atoms with E-state index in [1.54, 1.807) is 22.3 Å². The maximum Gasteiger partial charge on any atom is -1.00 e. The Kier molecular flexibility index (Phi) is 10.8. The molecule has 6 aromatic carbocycles. The van der Waals surface area contributed by atoms with E-state index in [1.807, 2.05) is 11.1 Å². The number of allylic oxidation sites excluding steroid dienone is 2. The van der Waals surface area contributed by atoms with E-state index in [1.165, 1.54) is 123 Å². The predicted octanol–water partition coefficient (Wildman–Crippen LogP) is 9.47. The molecule has 1 saturated heterocycles. The van der Waals surface area contributed by atoms with Gasteiger partial charge in [-0.3, -0.25) is 0 Å². The quantitative estimate of drug-likeness (QED) is 0.157. The van der Waals surface area contributed by atoms with Crippen molar-refractivity contribution in [3.63, 3.8) is 0 Å². The van der Waals surface area contributed by atoms with Gasteiger partial charge in [0.1, 0.15) is 0 Å². The van der Waals surface area contributed by atoms with E-state index in [4.69, 9.17) is 0 Å². The van der Waals surface area contributed by atoms with Crippen LogP contribution in [0.15, 0.2) is 132 Å². The fourth-order valence-corrected chi connectivity index (χ4v) is 28.1. The van der Waals surface area contributed by atoms with Gasteiger partial charge in [0.15, 0.2) is 0 Å². The van der Waals surface area contributed by atoms with Gasteiger partial charge in [-0.05, 0) is 0 Å². The molecule has 4 aliphatic carbocycles. The van der Waals surface area contributed by atoms with Gasteiger partial charge >= 0.3 is 329 Å². The van der Waals surface area contributed by atoms with Crippen molar-refractivity contribution in [1.29, 1.82) is 0 Å². The number of hydrogen-bond donors (Lipinski definition) is 0. The number of benzene rings is 6. The maximum atomic E-state index is 2.82. The predicted molar refractivity (Wildman–Crippen MR) is 228 cm³/mol. The summed E-state index contributed by atoms with van der Waals surface area (Å²) in [6.07, 6.45) is 21.1. The summed E-state index contributed by atoms with van der Waals surface area (Å²) in [5.74, 6) is 1.49. The SMILES string of the molecule is C1=C(C2CCCCC2)[CH]([Zr+2]2([CH]3C(C4CCCCC4)=Cc4c(-c5cccc6ccccc56)cccc43)[CH2]C[CH2]2)c2cccc(-c3cccc4ccccc34)c21.[Cl-].[Cl-]. The summed E-state index contributed by atoms with van der Waals surface area (Å²) in [5, 5.41) is 5.47. The first-order valence-electron chi connectivity index (χ1n) is 21.4. The van der Waals surface area contributed by atoms with Crippen molar-refractivity contribution < 1.29 is 45.1 Å². The normalized spacial score (nSPS) is 21.1. The van der Waals surface area contributed by atoms with Crippen LogP contribution in [0.2, 0.25) is 8.26 Å². The van der Waals surface area contributed by atoms with Gasteiger partial charge in [-0.25, -0.2) is 0 Å². The van der Waals surface area contributed by atoms with Gasteiger partial charge in [0.05, 0.1) is 0 Å². The van der Waals surface area contributed by atoms with Crippen LogP contribution >= 0.6 is 0 Å². The summed E-state index contributed by atoms with van der Waals surface area (Å²) >= 11 is -3.08. The Morgan fingerprint density at radius 3 is 1.20 bits per heavy atom. The smallest absolute Gasteiger partial charge is 1.00 e.